The quantitative estimate of drug-likeness (QED) is 0.684. The van der Waals surface area contributed by atoms with Crippen LogP contribution in [0.5, 0.6) is 0 Å². The number of nitrogens with one attached hydrogen (secondary N) is 2. The standard InChI is InChI=1S/C22H24N4OS/c1-16-13-17(15-26-9-11-28-12-10-26)7-8-19(16)23-22(27)21-14-20(24-25-21)18-5-3-2-4-6-18/h2-8,13-14H,9-12,15H2,1H3,(H,23,27)(H,24,25). The number of aromatic amines is 1. The molecule has 0 aliphatic carbocycles. The Hall–Kier alpha value is -2.57. The van der Waals surface area contributed by atoms with Gasteiger partial charge in [-0.1, -0.05) is 42.5 Å². The summed E-state index contributed by atoms with van der Waals surface area (Å²) in [4.78, 5) is 15.1. The molecule has 3 aromatic rings. The Morgan fingerprint density at radius 1 is 1.14 bits per heavy atom. The third-order valence-corrected chi connectivity index (χ3v) is 5.88. The summed E-state index contributed by atoms with van der Waals surface area (Å²) in [6.07, 6.45) is 0. The first kappa shape index (κ1) is 18.8. The molecule has 0 radical (unpaired) electrons. The van der Waals surface area contributed by atoms with Gasteiger partial charge in [0.25, 0.3) is 5.91 Å². The van der Waals surface area contributed by atoms with E-state index in [1.807, 2.05) is 55.1 Å². The van der Waals surface area contributed by atoms with Crippen molar-refractivity contribution in [2.75, 3.05) is 29.9 Å². The summed E-state index contributed by atoms with van der Waals surface area (Å²) in [7, 11) is 0. The van der Waals surface area contributed by atoms with Crippen molar-refractivity contribution < 1.29 is 4.79 Å². The molecule has 2 aromatic carbocycles. The van der Waals surface area contributed by atoms with Crippen molar-refractivity contribution in [1.29, 1.82) is 0 Å². The average Bonchev–Trinajstić information content (AvgIpc) is 3.22. The number of benzene rings is 2. The molecule has 6 heteroatoms. The first-order valence-electron chi connectivity index (χ1n) is 9.51. The minimum Gasteiger partial charge on any atom is -0.320 e. The maximum Gasteiger partial charge on any atom is 0.273 e. The maximum atomic E-state index is 12.6. The van der Waals surface area contributed by atoms with E-state index in [4.69, 9.17) is 0 Å². The fourth-order valence-corrected chi connectivity index (χ4v) is 4.35. The monoisotopic (exact) mass is 392 g/mol. The second kappa shape index (κ2) is 8.63. The number of carbonyl (C=O) groups excluding carboxylic acids is 1. The maximum absolute atomic E-state index is 12.6. The van der Waals surface area contributed by atoms with E-state index in [-0.39, 0.29) is 5.91 Å². The molecule has 1 aromatic heterocycles. The first-order valence-corrected chi connectivity index (χ1v) is 10.7. The zero-order valence-electron chi connectivity index (χ0n) is 15.9. The van der Waals surface area contributed by atoms with Crippen molar-refractivity contribution in [3.05, 3.63) is 71.4 Å². The minimum atomic E-state index is -0.182. The molecule has 1 aliphatic rings. The lowest BCUT2D eigenvalue weighted by molar-refractivity contribution is 0.102. The number of H-pyrrole nitrogens is 1. The number of anilines is 1. The highest BCUT2D eigenvalue weighted by Gasteiger charge is 2.14. The van der Waals surface area contributed by atoms with Gasteiger partial charge in [0.2, 0.25) is 0 Å². The third-order valence-electron chi connectivity index (χ3n) is 4.94. The summed E-state index contributed by atoms with van der Waals surface area (Å²) in [5, 5.41) is 10.1. The highest BCUT2D eigenvalue weighted by Crippen LogP contribution is 2.21. The summed E-state index contributed by atoms with van der Waals surface area (Å²) < 4.78 is 0. The van der Waals surface area contributed by atoms with Gasteiger partial charge in [0, 0.05) is 42.4 Å². The van der Waals surface area contributed by atoms with Crippen LogP contribution in [0.15, 0.2) is 54.6 Å². The van der Waals surface area contributed by atoms with Crippen LogP contribution in [0.4, 0.5) is 5.69 Å². The summed E-state index contributed by atoms with van der Waals surface area (Å²) in [6, 6.07) is 17.9. The molecule has 1 fully saturated rings. The van der Waals surface area contributed by atoms with Gasteiger partial charge in [-0.25, -0.2) is 0 Å². The third kappa shape index (κ3) is 4.46. The van der Waals surface area contributed by atoms with E-state index in [1.165, 1.54) is 17.1 Å². The van der Waals surface area contributed by atoms with Crippen molar-refractivity contribution in [2.24, 2.45) is 0 Å². The molecule has 1 saturated heterocycles. The van der Waals surface area contributed by atoms with Crippen LogP contribution in [0.25, 0.3) is 11.3 Å². The second-order valence-electron chi connectivity index (χ2n) is 7.02. The normalized spacial score (nSPS) is 14.8. The molecule has 28 heavy (non-hydrogen) atoms. The van der Waals surface area contributed by atoms with E-state index in [0.717, 1.165) is 42.1 Å². The molecule has 0 saturated carbocycles. The largest absolute Gasteiger partial charge is 0.320 e. The number of rotatable bonds is 5. The SMILES string of the molecule is Cc1cc(CN2CCSCC2)ccc1NC(=O)c1cc(-c2ccccc2)n[nH]1. The van der Waals surface area contributed by atoms with Crippen LogP contribution in [0.1, 0.15) is 21.6 Å². The molecular formula is C22H24N4OS. The molecule has 2 N–H and O–H groups in total. The van der Waals surface area contributed by atoms with Gasteiger partial charge in [-0.15, -0.1) is 0 Å². The van der Waals surface area contributed by atoms with Gasteiger partial charge < -0.3 is 5.32 Å². The van der Waals surface area contributed by atoms with Crippen molar-refractivity contribution in [3.8, 4) is 11.3 Å². The minimum absolute atomic E-state index is 0.182. The van der Waals surface area contributed by atoms with Gasteiger partial charge in [-0.2, -0.15) is 16.9 Å². The van der Waals surface area contributed by atoms with Gasteiger partial charge in [0.05, 0.1) is 5.69 Å². The summed E-state index contributed by atoms with van der Waals surface area (Å²) in [6.45, 7) is 5.29. The highest BCUT2D eigenvalue weighted by molar-refractivity contribution is 7.99. The second-order valence-corrected chi connectivity index (χ2v) is 8.25. The zero-order valence-corrected chi connectivity index (χ0v) is 16.8. The van der Waals surface area contributed by atoms with E-state index in [2.05, 4.69) is 32.5 Å². The number of hydrogen-bond acceptors (Lipinski definition) is 4. The number of nitrogens with zero attached hydrogens (tertiary/aromatic N) is 2. The van der Waals surface area contributed by atoms with Gasteiger partial charge in [-0.05, 0) is 30.2 Å². The predicted molar refractivity (Wildman–Crippen MR) is 116 cm³/mol. The van der Waals surface area contributed by atoms with Crippen LogP contribution >= 0.6 is 11.8 Å². The van der Waals surface area contributed by atoms with Crippen LogP contribution in [-0.4, -0.2) is 45.6 Å². The Bertz CT molecular complexity index is 948. The molecule has 144 valence electrons. The van der Waals surface area contributed by atoms with Gasteiger partial charge in [-0.3, -0.25) is 14.8 Å². The van der Waals surface area contributed by atoms with Crippen LogP contribution in [0, 0.1) is 6.92 Å². The number of carbonyl (C=O) groups is 1. The molecule has 4 rings (SSSR count). The smallest absolute Gasteiger partial charge is 0.273 e. The van der Waals surface area contributed by atoms with Crippen molar-refractivity contribution in [2.45, 2.75) is 13.5 Å². The van der Waals surface area contributed by atoms with Crippen LogP contribution in [0.3, 0.4) is 0 Å². The summed E-state index contributed by atoms with van der Waals surface area (Å²) in [5.41, 5.74) is 5.38. The number of amides is 1. The molecule has 0 bridgehead atoms. The Balaban J connectivity index is 1.42. The molecule has 0 spiro atoms. The lowest BCUT2D eigenvalue weighted by Gasteiger charge is -2.26. The lowest BCUT2D eigenvalue weighted by Crippen LogP contribution is -2.31. The predicted octanol–water partition coefficient (Wildman–Crippen LogP) is 4.19. The Kier molecular flexibility index (Phi) is 5.78. The highest BCUT2D eigenvalue weighted by atomic mass is 32.2. The van der Waals surface area contributed by atoms with Crippen LogP contribution < -0.4 is 5.32 Å². The van der Waals surface area contributed by atoms with E-state index in [1.54, 1.807) is 6.07 Å². The van der Waals surface area contributed by atoms with Crippen molar-refractivity contribution >= 4 is 23.4 Å². The molecule has 2 heterocycles. The van der Waals surface area contributed by atoms with E-state index in [0.29, 0.717) is 5.69 Å². The van der Waals surface area contributed by atoms with Gasteiger partial charge in [0.1, 0.15) is 5.69 Å². The van der Waals surface area contributed by atoms with E-state index < -0.39 is 0 Å². The molecule has 0 unspecified atom stereocenters. The molecule has 5 nitrogen and oxygen atoms in total. The van der Waals surface area contributed by atoms with Gasteiger partial charge in [0.15, 0.2) is 0 Å². The molecule has 1 aliphatic heterocycles. The number of aromatic nitrogens is 2. The lowest BCUT2D eigenvalue weighted by atomic mass is 10.1. The topological polar surface area (TPSA) is 61.0 Å². The van der Waals surface area contributed by atoms with Crippen LogP contribution in [-0.2, 0) is 6.54 Å². The van der Waals surface area contributed by atoms with E-state index in [9.17, 15) is 4.79 Å². The van der Waals surface area contributed by atoms with Crippen molar-refractivity contribution in [1.82, 2.24) is 15.1 Å². The Labute approximate surface area is 169 Å². The fraction of sp³-hybridized carbons (Fsp3) is 0.273. The Morgan fingerprint density at radius 2 is 1.93 bits per heavy atom. The molecule has 1 amide bonds. The number of aryl methyl sites for hydroxylation is 1. The fourth-order valence-electron chi connectivity index (χ4n) is 3.37. The average molecular weight is 393 g/mol. The summed E-state index contributed by atoms with van der Waals surface area (Å²) in [5.74, 6) is 2.24. The number of hydrogen-bond donors (Lipinski definition) is 2. The molecule has 0 atom stereocenters. The first-order chi connectivity index (χ1) is 13.7. The Morgan fingerprint density at radius 3 is 2.68 bits per heavy atom. The van der Waals surface area contributed by atoms with Gasteiger partial charge >= 0.3 is 0 Å². The zero-order chi connectivity index (χ0) is 19.3. The van der Waals surface area contributed by atoms with E-state index >= 15 is 0 Å². The van der Waals surface area contributed by atoms with Crippen LogP contribution in [0.2, 0.25) is 0 Å². The summed E-state index contributed by atoms with van der Waals surface area (Å²) >= 11 is 2.02. The number of thioether (sulfide) groups is 1. The van der Waals surface area contributed by atoms with Crippen molar-refractivity contribution in [3.63, 3.8) is 0 Å². The molecular weight excluding hydrogens is 368 g/mol.